The number of carbonyl (C=O) groups is 1. The molecule has 29 heavy (non-hydrogen) atoms. The van der Waals surface area contributed by atoms with Crippen LogP contribution >= 0.6 is 0 Å². The molecule has 4 rings (SSSR count). The molecule has 7 heteroatoms. The summed E-state index contributed by atoms with van der Waals surface area (Å²) in [6.07, 6.45) is 0. The number of para-hydroxylation sites is 1. The molecule has 0 spiro atoms. The van der Waals surface area contributed by atoms with E-state index in [2.05, 4.69) is 5.10 Å². The number of aromatic nitrogens is 2. The number of hydrogen-bond donors (Lipinski definition) is 0. The standard InChI is InChI=1S/C22H15FN2O4/c23-17-10-6-16(7-11-17)21-24-25(22(27)29-21)14-20(26)15-8-12-19(13-9-15)28-18-4-2-1-3-5-18/h1-13H,14H2. The van der Waals surface area contributed by atoms with Crippen LogP contribution in [0.5, 0.6) is 11.5 Å². The van der Waals surface area contributed by atoms with Gasteiger partial charge < -0.3 is 9.15 Å². The first-order valence-electron chi connectivity index (χ1n) is 8.78. The fourth-order valence-electron chi connectivity index (χ4n) is 2.68. The van der Waals surface area contributed by atoms with Gasteiger partial charge in [0.05, 0.1) is 0 Å². The van der Waals surface area contributed by atoms with E-state index in [1.165, 1.54) is 24.3 Å². The predicted octanol–water partition coefficient (Wildman–Crippen LogP) is 4.32. The van der Waals surface area contributed by atoms with E-state index in [0.29, 0.717) is 22.6 Å². The van der Waals surface area contributed by atoms with Crippen molar-refractivity contribution in [1.82, 2.24) is 9.78 Å². The zero-order valence-electron chi connectivity index (χ0n) is 15.1. The molecule has 1 heterocycles. The Kier molecular flexibility index (Phi) is 5.03. The lowest BCUT2D eigenvalue weighted by atomic mass is 10.1. The lowest BCUT2D eigenvalue weighted by Crippen LogP contribution is -2.21. The van der Waals surface area contributed by atoms with Crippen LogP contribution in [0.2, 0.25) is 0 Å². The van der Waals surface area contributed by atoms with Crippen LogP contribution in [0.3, 0.4) is 0 Å². The summed E-state index contributed by atoms with van der Waals surface area (Å²) < 4.78 is 24.7. The minimum Gasteiger partial charge on any atom is -0.457 e. The Bertz CT molecular complexity index is 1180. The molecule has 6 nitrogen and oxygen atoms in total. The van der Waals surface area contributed by atoms with E-state index in [0.717, 1.165) is 4.68 Å². The van der Waals surface area contributed by atoms with Crippen molar-refractivity contribution in [3.8, 4) is 23.0 Å². The number of ether oxygens (including phenoxy) is 1. The SMILES string of the molecule is O=C(Cn1nc(-c2ccc(F)cc2)oc1=O)c1ccc(Oc2ccccc2)cc1. The molecule has 0 N–H and O–H groups in total. The predicted molar refractivity (Wildman–Crippen MR) is 103 cm³/mol. The van der Waals surface area contributed by atoms with E-state index in [9.17, 15) is 14.0 Å². The van der Waals surface area contributed by atoms with Crippen LogP contribution in [0, 0.1) is 5.82 Å². The molecule has 0 amide bonds. The lowest BCUT2D eigenvalue weighted by molar-refractivity contribution is 0.0965. The first-order chi connectivity index (χ1) is 14.1. The van der Waals surface area contributed by atoms with Crippen molar-refractivity contribution in [2.45, 2.75) is 6.54 Å². The Morgan fingerprint density at radius 1 is 0.931 bits per heavy atom. The quantitative estimate of drug-likeness (QED) is 0.459. The Morgan fingerprint density at radius 2 is 1.59 bits per heavy atom. The van der Waals surface area contributed by atoms with Crippen molar-refractivity contribution in [3.63, 3.8) is 0 Å². The topological polar surface area (TPSA) is 74.3 Å². The van der Waals surface area contributed by atoms with Crippen molar-refractivity contribution in [1.29, 1.82) is 0 Å². The third-order valence-corrected chi connectivity index (χ3v) is 4.15. The van der Waals surface area contributed by atoms with Crippen LogP contribution in [0.15, 0.2) is 88.1 Å². The molecule has 0 saturated carbocycles. The molecule has 144 valence electrons. The van der Waals surface area contributed by atoms with Crippen molar-refractivity contribution < 1.29 is 18.3 Å². The van der Waals surface area contributed by atoms with Crippen LogP contribution in [0.1, 0.15) is 10.4 Å². The van der Waals surface area contributed by atoms with E-state index in [1.54, 1.807) is 24.3 Å². The van der Waals surface area contributed by atoms with Gasteiger partial charge in [0.2, 0.25) is 5.89 Å². The number of carbonyl (C=O) groups excluding carboxylic acids is 1. The molecule has 0 saturated heterocycles. The summed E-state index contributed by atoms with van der Waals surface area (Å²) in [7, 11) is 0. The molecule has 0 atom stereocenters. The minimum absolute atomic E-state index is 0.0226. The molecular weight excluding hydrogens is 375 g/mol. The number of Topliss-reactive ketones (excluding diaryl/α,β-unsaturated/α-hetero) is 1. The fourth-order valence-corrected chi connectivity index (χ4v) is 2.68. The van der Waals surface area contributed by atoms with Gasteiger partial charge in [0.1, 0.15) is 23.9 Å². The van der Waals surface area contributed by atoms with Gasteiger partial charge in [-0.2, -0.15) is 4.68 Å². The highest BCUT2D eigenvalue weighted by molar-refractivity contribution is 5.95. The second kappa shape index (κ2) is 7.93. The second-order valence-corrected chi connectivity index (χ2v) is 6.20. The zero-order valence-corrected chi connectivity index (χ0v) is 15.1. The van der Waals surface area contributed by atoms with Crippen LogP contribution in [0.4, 0.5) is 4.39 Å². The Labute approximate surface area is 164 Å². The molecular formula is C22H15FN2O4. The summed E-state index contributed by atoms with van der Waals surface area (Å²) in [5.41, 5.74) is 0.848. The van der Waals surface area contributed by atoms with Crippen LogP contribution in [0.25, 0.3) is 11.5 Å². The highest BCUT2D eigenvalue weighted by atomic mass is 19.1. The monoisotopic (exact) mass is 390 g/mol. The van der Waals surface area contributed by atoms with Crippen LogP contribution in [-0.2, 0) is 6.54 Å². The highest BCUT2D eigenvalue weighted by Crippen LogP contribution is 2.21. The molecule has 0 aliphatic rings. The van der Waals surface area contributed by atoms with Gasteiger partial charge in [-0.3, -0.25) is 4.79 Å². The molecule has 3 aromatic carbocycles. The molecule has 0 unspecified atom stereocenters. The smallest absolute Gasteiger partial charge is 0.437 e. The summed E-state index contributed by atoms with van der Waals surface area (Å²) in [4.78, 5) is 24.5. The van der Waals surface area contributed by atoms with Gasteiger partial charge in [-0.15, -0.1) is 5.10 Å². The molecule has 0 radical (unpaired) electrons. The van der Waals surface area contributed by atoms with Crippen molar-refractivity contribution in [2.24, 2.45) is 0 Å². The van der Waals surface area contributed by atoms with E-state index >= 15 is 0 Å². The van der Waals surface area contributed by atoms with Gasteiger partial charge in [-0.05, 0) is 60.7 Å². The Balaban J connectivity index is 1.46. The molecule has 4 aromatic rings. The van der Waals surface area contributed by atoms with Crippen molar-refractivity contribution in [3.05, 3.63) is 101 Å². The van der Waals surface area contributed by atoms with E-state index in [-0.39, 0.29) is 18.2 Å². The van der Waals surface area contributed by atoms with Crippen molar-refractivity contribution in [2.75, 3.05) is 0 Å². The zero-order chi connectivity index (χ0) is 20.2. The second-order valence-electron chi connectivity index (χ2n) is 6.20. The number of benzene rings is 3. The molecule has 0 fully saturated rings. The Hall–Kier alpha value is -4.00. The van der Waals surface area contributed by atoms with Gasteiger partial charge in [0.15, 0.2) is 5.78 Å². The third kappa shape index (κ3) is 4.30. The maximum atomic E-state index is 13.0. The first-order valence-corrected chi connectivity index (χ1v) is 8.78. The maximum Gasteiger partial charge on any atom is 0.437 e. The number of hydrogen-bond acceptors (Lipinski definition) is 5. The fraction of sp³-hybridized carbons (Fsp3) is 0.0455. The first kappa shape index (κ1) is 18.4. The minimum atomic E-state index is -0.762. The van der Waals surface area contributed by atoms with Gasteiger partial charge >= 0.3 is 5.76 Å². The van der Waals surface area contributed by atoms with Gasteiger partial charge in [-0.1, -0.05) is 18.2 Å². The van der Waals surface area contributed by atoms with Crippen molar-refractivity contribution >= 4 is 5.78 Å². The summed E-state index contributed by atoms with van der Waals surface area (Å²) >= 11 is 0. The van der Waals surface area contributed by atoms with Gasteiger partial charge in [0.25, 0.3) is 0 Å². The average Bonchev–Trinajstić information content (AvgIpc) is 3.10. The molecule has 0 aliphatic carbocycles. The number of nitrogens with zero attached hydrogens (tertiary/aromatic N) is 2. The third-order valence-electron chi connectivity index (χ3n) is 4.15. The van der Waals surface area contributed by atoms with Crippen LogP contribution in [-0.4, -0.2) is 15.6 Å². The Morgan fingerprint density at radius 3 is 2.28 bits per heavy atom. The van der Waals surface area contributed by atoms with Gasteiger partial charge in [0, 0.05) is 11.1 Å². The lowest BCUT2D eigenvalue weighted by Gasteiger charge is -2.06. The van der Waals surface area contributed by atoms with E-state index in [4.69, 9.17) is 9.15 Å². The summed E-state index contributed by atoms with van der Waals surface area (Å²) in [5, 5.41) is 4.02. The normalized spacial score (nSPS) is 10.7. The van der Waals surface area contributed by atoms with Crippen LogP contribution < -0.4 is 10.5 Å². The molecule has 1 aromatic heterocycles. The van der Waals surface area contributed by atoms with E-state index < -0.39 is 11.6 Å². The largest absolute Gasteiger partial charge is 0.457 e. The molecule has 0 bridgehead atoms. The summed E-state index contributed by atoms with van der Waals surface area (Å²) in [6, 6.07) is 21.2. The highest BCUT2D eigenvalue weighted by Gasteiger charge is 2.15. The average molecular weight is 390 g/mol. The number of rotatable bonds is 6. The summed E-state index contributed by atoms with van der Waals surface area (Å²) in [6.45, 7) is -0.275. The summed E-state index contributed by atoms with van der Waals surface area (Å²) in [5.74, 6) is -0.183. The number of halogens is 1. The maximum absolute atomic E-state index is 13.0. The molecule has 0 aliphatic heterocycles. The van der Waals surface area contributed by atoms with Gasteiger partial charge in [-0.25, -0.2) is 9.18 Å². The number of ketones is 1. The van der Waals surface area contributed by atoms with E-state index in [1.807, 2.05) is 30.3 Å².